The molecule has 0 amide bonds. The van der Waals surface area contributed by atoms with E-state index in [0.717, 1.165) is 83.8 Å². The minimum atomic E-state index is 0.837. The molecular formula is C46H30N4. The molecule has 6 aromatic carbocycles. The van der Waals surface area contributed by atoms with Crippen molar-refractivity contribution in [3.05, 3.63) is 182 Å². The third kappa shape index (κ3) is 5.39. The van der Waals surface area contributed by atoms with Crippen LogP contribution in [0.3, 0.4) is 0 Å². The Bertz CT molecular complexity index is 2600. The Balaban J connectivity index is 1.12. The van der Waals surface area contributed by atoms with Gasteiger partial charge in [0.1, 0.15) is 0 Å². The van der Waals surface area contributed by atoms with E-state index in [1.54, 1.807) is 0 Å². The van der Waals surface area contributed by atoms with E-state index in [0.29, 0.717) is 0 Å². The lowest BCUT2D eigenvalue weighted by molar-refractivity contribution is 1.21. The molecule has 0 atom stereocenters. The number of aromatic nitrogens is 4. The van der Waals surface area contributed by atoms with Crippen LogP contribution in [0.25, 0.3) is 89.2 Å². The van der Waals surface area contributed by atoms with Gasteiger partial charge < -0.3 is 0 Å². The first-order valence-electron chi connectivity index (χ1n) is 16.7. The fourth-order valence-electron chi connectivity index (χ4n) is 6.65. The summed E-state index contributed by atoms with van der Waals surface area (Å²) in [6.07, 6.45) is 1.94. The van der Waals surface area contributed by atoms with E-state index in [1.165, 1.54) is 5.39 Å². The Labute approximate surface area is 290 Å². The standard InChI is InChI=1S/C46H30N4/c1-4-14-32(15-5-1)42-43(33-16-6-2-7-17-33)50-45(44(49-42)34-18-8-3-9-19-34)35-26-24-31(25-27-35)36-28-29-41(47-30-36)46-39-22-11-10-20-37(39)38-21-12-13-23-40(38)48-46/h1-30H. The molecule has 9 rings (SSSR count). The molecule has 0 aliphatic carbocycles. The van der Waals surface area contributed by atoms with Crippen LogP contribution >= 0.6 is 0 Å². The molecule has 234 valence electrons. The number of fused-ring (bicyclic) bond motifs is 3. The van der Waals surface area contributed by atoms with Gasteiger partial charge in [0, 0.05) is 44.8 Å². The zero-order chi connectivity index (χ0) is 33.3. The lowest BCUT2D eigenvalue weighted by Gasteiger charge is -2.16. The number of benzene rings is 6. The highest BCUT2D eigenvalue weighted by atomic mass is 14.9. The minimum absolute atomic E-state index is 0.837. The van der Waals surface area contributed by atoms with E-state index in [1.807, 2.05) is 66.9 Å². The molecule has 0 fully saturated rings. The molecule has 0 aliphatic heterocycles. The number of rotatable bonds is 6. The van der Waals surface area contributed by atoms with Gasteiger partial charge >= 0.3 is 0 Å². The Morgan fingerprint density at radius 2 is 0.680 bits per heavy atom. The molecule has 4 heteroatoms. The maximum atomic E-state index is 5.38. The average Bonchev–Trinajstić information content (AvgIpc) is 3.21. The van der Waals surface area contributed by atoms with Crippen LogP contribution in [-0.2, 0) is 0 Å². The smallest absolute Gasteiger partial charge is 0.0973 e. The van der Waals surface area contributed by atoms with Crippen molar-refractivity contribution < 1.29 is 0 Å². The zero-order valence-electron chi connectivity index (χ0n) is 27.1. The van der Waals surface area contributed by atoms with Gasteiger partial charge in [0.25, 0.3) is 0 Å². The highest BCUT2D eigenvalue weighted by molar-refractivity contribution is 6.10. The number of nitrogens with zero attached hydrogens (tertiary/aromatic N) is 4. The van der Waals surface area contributed by atoms with E-state index < -0.39 is 0 Å². The second-order valence-corrected chi connectivity index (χ2v) is 12.2. The molecule has 0 saturated carbocycles. The van der Waals surface area contributed by atoms with Gasteiger partial charge in [0.05, 0.1) is 39.7 Å². The number of pyridine rings is 2. The lowest BCUT2D eigenvalue weighted by atomic mass is 9.98. The van der Waals surface area contributed by atoms with Gasteiger partial charge in [-0.3, -0.25) is 4.98 Å². The van der Waals surface area contributed by atoms with Crippen molar-refractivity contribution in [1.29, 1.82) is 0 Å². The van der Waals surface area contributed by atoms with E-state index in [9.17, 15) is 0 Å². The summed E-state index contributed by atoms with van der Waals surface area (Å²) >= 11 is 0. The summed E-state index contributed by atoms with van der Waals surface area (Å²) in [5.41, 5.74) is 12.3. The topological polar surface area (TPSA) is 51.6 Å². The Morgan fingerprint density at radius 1 is 0.260 bits per heavy atom. The first kappa shape index (κ1) is 29.4. The lowest BCUT2D eigenvalue weighted by Crippen LogP contribution is -2.00. The monoisotopic (exact) mass is 638 g/mol. The molecule has 4 nitrogen and oxygen atoms in total. The Morgan fingerprint density at radius 3 is 1.20 bits per heavy atom. The third-order valence-corrected chi connectivity index (χ3v) is 9.14. The molecule has 0 aliphatic rings. The fourth-order valence-corrected chi connectivity index (χ4v) is 6.65. The summed E-state index contributed by atoms with van der Waals surface area (Å²) in [4.78, 5) is 20.7. The summed E-state index contributed by atoms with van der Waals surface area (Å²) in [5.74, 6) is 0. The first-order valence-corrected chi connectivity index (χ1v) is 16.7. The summed E-state index contributed by atoms with van der Waals surface area (Å²) in [7, 11) is 0. The van der Waals surface area contributed by atoms with E-state index in [4.69, 9.17) is 19.9 Å². The van der Waals surface area contributed by atoms with Crippen LogP contribution in [0.2, 0.25) is 0 Å². The Hall–Kier alpha value is -6.78. The van der Waals surface area contributed by atoms with Crippen molar-refractivity contribution in [2.45, 2.75) is 0 Å². The highest BCUT2D eigenvalue weighted by Gasteiger charge is 2.19. The van der Waals surface area contributed by atoms with Crippen molar-refractivity contribution >= 4 is 21.7 Å². The SMILES string of the molecule is c1ccc(-c2nc(-c3ccccc3)c(-c3ccc(-c4ccc(-c5nc6ccccc6c6ccccc56)nc4)cc3)nc2-c2ccccc2)cc1. The van der Waals surface area contributed by atoms with Crippen molar-refractivity contribution in [2.75, 3.05) is 0 Å². The van der Waals surface area contributed by atoms with Crippen LogP contribution < -0.4 is 0 Å². The predicted octanol–water partition coefficient (Wildman–Crippen LogP) is 11.6. The summed E-state index contributed by atoms with van der Waals surface area (Å²) in [5, 5.41) is 3.42. The maximum Gasteiger partial charge on any atom is 0.0973 e. The summed E-state index contributed by atoms with van der Waals surface area (Å²) in [6.45, 7) is 0. The predicted molar refractivity (Wildman–Crippen MR) is 205 cm³/mol. The van der Waals surface area contributed by atoms with Crippen molar-refractivity contribution in [2.24, 2.45) is 0 Å². The van der Waals surface area contributed by atoms with Crippen LogP contribution in [0.15, 0.2) is 182 Å². The van der Waals surface area contributed by atoms with Crippen molar-refractivity contribution in [3.63, 3.8) is 0 Å². The van der Waals surface area contributed by atoms with Crippen molar-refractivity contribution in [3.8, 4) is 67.5 Å². The molecule has 0 radical (unpaired) electrons. The minimum Gasteiger partial charge on any atom is -0.254 e. The van der Waals surface area contributed by atoms with E-state index in [-0.39, 0.29) is 0 Å². The average molecular weight is 639 g/mol. The number of para-hydroxylation sites is 1. The highest BCUT2D eigenvalue weighted by Crippen LogP contribution is 2.38. The van der Waals surface area contributed by atoms with Crippen molar-refractivity contribution in [1.82, 2.24) is 19.9 Å². The molecule has 50 heavy (non-hydrogen) atoms. The molecule has 3 heterocycles. The first-order chi connectivity index (χ1) is 24.8. The van der Waals surface area contributed by atoms with Crippen LogP contribution in [0, 0.1) is 0 Å². The van der Waals surface area contributed by atoms with Gasteiger partial charge in [0.2, 0.25) is 0 Å². The largest absolute Gasteiger partial charge is 0.254 e. The van der Waals surface area contributed by atoms with Gasteiger partial charge in [-0.15, -0.1) is 0 Å². The summed E-state index contributed by atoms with van der Waals surface area (Å²) < 4.78 is 0. The normalized spacial score (nSPS) is 11.2. The second-order valence-electron chi connectivity index (χ2n) is 12.2. The van der Waals surface area contributed by atoms with Gasteiger partial charge in [-0.25, -0.2) is 15.0 Å². The Kier molecular flexibility index (Phi) is 7.45. The van der Waals surface area contributed by atoms with E-state index >= 15 is 0 Å². The maximum absolute atomic E-state index is 5.38. The van der Waals surface area contributed by atoms with Crippen LogP contribution in [0.1, 0.15) is 0 Å². The van der Waals surface area contributed by atoms with Gasteiger partial charge in [-0.05, 0) is 23.1 Å². The molecule has 0 N–H and O–H groups in total. The molecule has 0 bridgehead atoms. The number of hydrogen-bond donors (Lipinski definition) is 0. The fraction of sp³-hybridized carbons (Fsp3) is 0. The summed E-state index contributed by atoms with van der Waals surface area (Å²) in [6, 6.07) is 60.4. The quantitative estimate of drug-likeness (QED) is 0.170. The van der Waals surface area contributed by atoms with Gasteiger partial charge in [-0.2, -0.15) is 0 Å². The zero-order valence-corrected chi connectivity index (χ0v) is 27.1. The second kappa shape index (κ2) is 12.7. The van der Waals surface area contributed by atoms with Gasteiger partial charge in [-0.1, -0.05) is 164 Å². The molecular weight excluding hydrogens is 609 g/mol. The van der Waals surface area contributed by atoms with Gasteiger partial charge in [0.15, 0.2) is 0 Å². The van der Waals surface area contributed by atoms with Crippen LogP contribution in [-0.4, -0.2) is 19.9 Å². The third-order valence-electron chi connectivity index (χ3n) is 9.14. The molecule has 0 spiro atoms. The molecule has 9 aromatic rings. The molecule has 0 unspecified atom stereocenters. The molecule has 3 aromatic heterocycles. The number of hydrogen-bond acceptors (Lipinski definition) is 4. The van der Waals surface area contributed by atoms with E-state index in [2.05, 4.69) is 115 Å². The molecule has 0 saturated heterocycles. The van der Waals surface area contributed by atoms with Crippen LogP contribution in [0.5, 0.6) is 0 Å². The van der Waals surface area contributed by atoms with Crippen LogP contribution in [0.4, 0.5) is 0 Å².